The molecule has 4 aromatic rings. The Labute approximate surface area is 196 Å². The number of para-hydroxylation sites is 1. The van der Waals surface area contributed by atoms with Crippen molar-refractivity contribution >= 4 is 49.9 Å². The van der Waals surface area contributed by atoms with Gasteiger partial charge >= 0.3 is 0 Å². The summed E-state index contributed by atoms with van der Waals surface area (Å²) in [7, 11) is 0. The van der Waals surface area contributed by atoms with Gasteiger partial charge in [-0.2, -0.15) is 0 Å². The first-order chi connectivity index (χ1) is 15.7. The highest BCUT2D eigenvalue weighted by atomic mass is 79.9. The summed E-state index contributed by atoms with van der Waals surface area (Å²) < 4.78 is 6.98. The maximum Gasteiger partial charge on any atom is 0.258 e. The first-order valence-electron chi connectivity index (χ1n) is 10.7. The van der Waals surface area contributed by atoms with Crippen molar-refractivity contribution < 1.29 is 9.53 Å². The minimum atomic E-state index is 0.0427. The summed E-state index contributed by atoms with van der Waals surface area (Å²) in [6, 6.07) is 28.5. The van der Waals surface area contributed by atoms with Gasteiger partial charge in [0.1, 0.15) is 12.4 Å². The number of likely N-dealkylation sites (N-methyl/N-ethyl adjacent to an activating group) is 1. The number of carbonyl (C=O) groups excluding carboxylic acids is 1. The summed E-state index contributed by atoms with van der Waals surface area (Å²) in [5.41, 5.74) is 4.77. The average molecular weight is 484 g/mol. The van der Waals surface area contributed by atoms with Crippen molar-refractivity contribution in [3.63, 3.8) is 0 Å². The normalized spacial score (nSPS) is 14.2. The molecule has 0 radical (unpaired) electrons. The van der Waals surface area contributed by atoms with Crippen LogP contribution in [0.2, 0.25) is 0 Å². The number of amides is 1. The third kappa shape index (κ3) is 3.71. The SMILES string of the molecule is CCN1C(=O)/C(=C\c2ccc(OCc3cccc4ccccc34)c(Br)c2)c2ccccc21. The van der Waals surface area contributed by atoms with E-state index in [1.165, 1.54) is 10.8 Å². The maximum absolute atomic E-state index is 12.9. The van der Waals surface area contributed by atoms with Gasteiger partial charge in [-0.3, -0.25) is 4.79 Å². The summed E-state index contributed by atoms with van der Waals surface area (Å²) >= 11 is 3.64. The topological polar surface area (TPSA) is 29.5 Å². The zero-order valence-corrected chi connectivity index (χ0v) is 19.3. The molecule has 1 heterocycles. The number of rotatable bonds is 5. The van der Waals surface area contributed by atoms with Gasteiger partial charge in [-0.25, -0.2) is 0 Å². The third-order valence-electron chi connectivity index (χ3n) is 5.81. The number of carbonyl (C=O) groups is 1. The molecule has 4 heteroatoms. The Bertz CT molecular complexity index is 1350. The quantitative estimate of drug-likeness (QED) is 0.283. The van der Waals surface area contributed by atoms with Crippen molar-refractivity contribution in [1.82, 2.24) is 0 Å². The molecule has 0 fully saturated rings. The Balaban J connectivity index is 1.40. The molecule has 1 aliphatic rings. The second-order valence-corrected chi connectivity index (χ2v) is 8.60. The fourth-order valence-electron chi connectivity index (χ4n) is 4.22. The minimum absolute atomic E-state index is 0.0427. The molecule has 0 atom stereocenters. The van der Waals surface area contributed by atoms with Crippen molar-refractivity contribution in [3.05, 3.63) is 106 Å². The number of halogens is 1. The molecule has 0 aliphatic carbocycles. The molecule has 5 rings (SSSR count). The van der Waals surface area contributed by atoms with E-state index < -0.39 is 0 Å². The zero-order valence-electron chi connectivity index (χ0n) is 17.7. The van der Waals surface area contributed by atoms with E-state index in [0.717, 1.165) is 38.2 Å². The molecular formula is C28H22BrNO2. The zero-order chi connectivity index (χ0) is 22.1. The van der Waals surface area contributed by atoms with Crippen LogP contribution in [0.25, 0.3) is 22.4 Å². The predicted octanol–water partition coefficient (Wildman–Crippen LogP) is 7.09. The average Bonchev–Trinajstić information content (AvgIpc) is 3.09. The summed E-state index contributed by atoms with van der Waals surface area (Å²) in [5, 5.41) is 2.41. The van der Waals surface area contributed by atoms with E-state index in [2.05, 4.69) is 46.3 Å². The maximum atomic E-state index is 12.9. The lowest BCUT2D eigenvalue weighted by atomic mass is 10.0. The predicted molar refractivity (Wildman–Crippen MR) is 135 cm³/mol. The third-order valence-corrected chi connectivity index (χ3v) is 6.43. The number of nitrogens with zero attached hydrogens (tertiary/aromatic N) is 1. The van der Waals surface area contributed by atoms with Crippen LogP contribution in [0.4, 0.5) is 5.69 Å². The van der Waals surface area contributed by atoms with Crippen LogP contribution in [0.15, 0.2) is 89.4 Å². The van der Waals surface area contributed by atoms with Crippen LogP contribution in [-0.4, -0.2) is 12.5 Å². The molecule has 4 aromatic carbocycles. The summed E-state index contributed by atoms with van der Waals surface area (Å²) in [6.45, 7) is 3.13. The van der Waals surface area contributed by atoms with Gasteiger partial charge in [-0.15, -0.1) is 0 Å². The molecule has 0 unspecified atom stereocenters. The smallest absolute Gasteiger partial charge is 0.258 e. The molecule has 1 amide bonds. The molecule has 1 aliphatic heterocycles. The summed E-state index contributed by atoms with van der Waals surface area (Å²) in [4.78, 5) is 14.8. The fourth-order valence-corrected chi connectivity index (χ4v) is 4.74. The Hall–Kier alpha value is -3.37. The Morgan fingerprint density at radius 2 is 1.72 bits per heavy atom. The Morgan fingerprint density at radius 1 is 0.938 bits per heavy atom. The van der Waals surface area contributed by atoms with E-state index in [9.17, 15) is 4.79 Å². The number of fused-ring (bicyclic) bond motifs is 2. The van der Waals surface area contributed by atoms with Crippen LogP contribution in [0.1, 0.15) is 23.6 Å². The van der Waals surface area contributed by atoms with Crippen LogP contribution >= 0.6 is 15.9 Å². The van der Waals surface area contributed by atoms with Crippen molar-refractivity contribution in [2.24, 2.45) is 0 Å². The summed E-state index contributed by atoms with van der Waals surface area (Å²) in [5.74, 6) is 0.814. The van der Waals surface area contributed by atoms with Crippen molar-refractivity contribution in [2.45, 2.75) is 13.5 Å². The number of hydrogen-bond donors (Lipinski definition) is 0. The van der Waals surface area contributed by atoms with Crippen LogP contribution in [0, 0.1) is 0 Å². The van der Waals surface area contributed by atoms with Crippen LogP contribution in [-0.2, 0) is 11.4 Å². The lowest BCUT2D eigenvalue weighted by Crippen LogP contribution is -2.25. The largest absolute Gasteiger partial charge is 0.488 e. The number of hydrogen-bond acceptors (Lipinski definition) is 2. The van der Waals surface area contributed by atoms with Gasteiger partial charge in [0.2, 0.25) is 0 Å². The van der Waals surface area contributed by atoms with Gasteiger partial charge in [0.15, 0.2) is 0 Å². The highest BCUT2D eigenvalue weighted by Crippen LogP contribution is 2.38. The first-order valence-corrected chi connectivity index (χ1v) is 11.5. The first kappa shape index (κ1) is 20.5. The molecule has 0 saturated carbocycles. The van der Waals surface area contributed by atoms with Gasteiger partial charge in [-0.1, -0.05) is 66.7 Å². The highest BCUT2D eigenvalue weighted by molar-refractivity contribution is 9.10. The second-order valence-electron chi connectivity index (χ2n) is 7.74. The number of anilines is 1. The van der Waals surface area contributed by atoms with E-state index in [0.29, 0.717) is 13.2 Å². The highest BCUT2D eigenvalue weighted by Gasteiger charge is 2.30. The van der Waals surface area contributed by atoms with Crippen LogP contribution < -0.4 is 9.64 Å². The van der Waals surface area contributed by atoms with Crippen LogP contribution in [0.3, 0.4) is 0 Å². The Morgan fingerprint density at radius 3 is 2.56 bits per heavy atom. The molecule has 0 saturated heterocycles. The molecular weight excluding hydrogens is 462 g/mol. The molecule has 32 heavy (non-hydrogen) atoms. The molecule has 158 valence electrons. The van der Waals surface area contributed by atoms with E-state index in [4.69, 9.17) is 4.74 Å². The van der Waals surface area contributed by atoms with E-state index in [1.807, 2.05) is 72.5 Å². The second kappa shape index (κ2) is 8.64. The number of benzene rings is 4. The summed E-state index contributed by atoms with van der Waals surface area (Å²) in [6.07, 6.45) is 1.95. The van der Waals surface area contributed by atoms with E-state index >= 15 is 0 Å². The lowest BCUT2D eigenvalue weighted by molar-refractivity contribution is -0.112. The van der Waals surface area contributed by atoms with Crippen LogP contribution in [0.5, 0.6) is 5.75 Å². The molecule has 0 spiro atoms. The minimum Gasteiger partial charge on any atom is -0.488 e. The van der Waals surface area contributed by atoms with Gasteiger partial charge in [0, 0.05) is 17.7 Å². The molecule has 0 N–H and O–H groups in total. The van der Waals surface area contributed by atoms with Gasteiger partial charge in [0.25, 0.3) is 5.91 Å². The van der Waals surface area contributed by atoms with Gasteiger partial charge in [-0.05, 0) is 69.0 Å². The van der Waals surface area contributed by atoms with E-state index in [-0.39, 0.29) is 5.91 Å². The van der Waals surface area contributed by atoms with Gasteiger partial charge in [0.05, 0.1) is 10.2 Å². The fraction of sp³-hybridized carbons (Fsp3) is 0.107. The number of ether oxygens (including phenoxy) is 1. The van der Waals surface area contributed by atoms with Crippen molar-refractivity contribution in [1.29, 1.82) is 0 Å². The molecule has 0 bridgehead atoms. The lowest BCUT2D eigenvalue weighted by Gasteiger charge is -2.13. The van der Waals surface area contributed by atoms with Gasteiger partial charge < -0.3 is 9.64 Å². The van der Waals surface area contributed by atoms with Crippen molar-refractivity contribution in [3.8, 4) is 5.75 Å². The Kier molecular flexibility index (Phi) is 5.54. The standard InChI is InChI=1S/C28H22BrNO2/c1-2-30-26-13-6-5-12-23(26)24(28(30)31)16-19-14-15-27(25(29)17-19)32-18-21-10-7-9-20-8-3-4-11-22(20)21/h3-17H,2,18H2,1H3/b24-16-. The van der Waals surface area contributed by atoms with E-state index in [1.54, 1.807) is 0 Å². The monoisotopic (exact) mass is 483 g/mol. The molecule has 0 aromatic heterocycles. The molecule has 3 nitrogen and oxygen atoms in total. The van der Waals surface area contributed by atoms with Crippen molar-refractivity contribution in [2.75, 3.05) is 11.4 Å².